The Labute approximate surface area is 167 Å². The van der Waals surface area contributed by atoms with E-state index in [1.54, 1.807) is 24.3 Å². The fraction of sp³-hybridized carbons (Fsp3) is 0.391. The van der Waals surface area contributed by atoms with Gasteiger partial charge in [0, 0.05) is 6.54 Å². The lowest BCUT2D eigenvalue weighted by Gasteiger charge is -2.19. The highest BCUT2D eigenvalue weighted by Crippen LogP contribution is 2.20. The Kier molecular flexibility index (Phi) is 7.61. The summed E-state index contributed by atoms with van der Waals surface area (Å²) in [5.74, 6) is 0.534. The van der Waals surface area contributed by atoms with Gasteiger partial charge in [-0.1, -0.05) is 39.0 Å². The maximum absolute atomic E-state index is 12.8. The van der Waals surface area contributed by atoms with Crippen molar-refractivity contribution in [3.8, 4) is 5.75 Å². The van der Waals surface area contributed by atoms with Crippen molar-refractivity contribution in [2.45, 2.75) is 47.1 Å². The van der Waals surface area contributed by atoms with Crippen LogP contribution in [-0.2, 0) is 4.79 Å². The summed E-state index contributed by atoms with van der Waals surface area (Å²) in [6.45, 7) is 10.6. The smallest absolute Gasteiger partial charge is 0.265 e. The van der Waals surface area contributed by atoms with Gasteiger partial charge in [0.15, 0.2) is 6.10 Å². The monoisotopic (exact) mass is 382 g/mol. The highest BCUT2D eigenvalue weighted by molar-refractivity contribution is 6.04. The molecule has 150 valence electrons. The maximum Gasteiger partial charge on any atom is 0.265 e. The van der Waals surface area contributed by atoms with Crippen LogP contribution in [0, 0.1) is 19.8 Å². The van der Waals surface area contributed by atoms with Crippen LogP contribution < -0.4 is 15.4 Å². The Morgan fingerprint density at radius 3 is 2.39 bits per heavy atom. The molecule has 0 aliphatic heterocycles. The number of hydrogen-bond acceptors (Lipinski definition) is 3. The van der Waals surface area contributed by atoms with Gasteiger partial charge in [-0.3, -0.25) is 9.59 Å². The van der Waals surface area contributed by atoms with E-state index < -0.39 is 6.10 Å². The Hall–Kier alpha value is -2.82. The highest BCUT2D eigenvalue weighted by atomic mass is 16.5. The number of carbonyl (C=O) groups excluding carboxylic acids is 2. The molecule has 0 saturated heterocycles. The summed E-state index contributed by atoms with van der Waals surface area (Å²) < 4.78 is 5.90. The molecular weight excluding hydrogens is 352 g/mol. The summed E-state index contributed by atoms with van der Waals surface area (Å²) in [5.41, 5.74) is 3.21. The molecule has 28 heavy (non-hydrogen) atoms. The van der Waals surface area contributed by atoms with Crippen molar-refractivity contribution in [3.05, 3.63) is 59.2 Å². The van der Waals surface area contributed by atoms with Crippen LogP contribution >= 0.6 is 0 Å². The molecule has 0 aliphatic rings. The van der Waals surface area contributed by atoms with E-state index in [2.05, 4.69) is 10.6 Å². The number of hydrogen-bond donors (Lipinski definition) is 2. The molecule has 5 nitrogen and oxygen atoms in total. The van der Waals surface area contributed by atoms with Crippen molar-refractivity contribution >= 4 is 17.5 Å². The summed E-state index contributed by atoms with van der Waals surface area (Å²) in [7, 11) is 0. The number of aryl methyl sites for hydroxylation is 2. The van der Waals surface area contributed by atoms with E-state index in [0.29, 0.717) is 35.9 Å². The molecule has 0 saturated carbocycles. The third kappa shape index (κ3) is 5.84. The fourth-order valence-electron chi connectivity index (χ4n) is 2.67. The first-order chi connectivity index (χ1) is 13.3. The molecule has 0 unspecified atom stereocenters. The SMILES string of the molecule is CC[C@@H](Oc1ccc(C)c(C)c1)C(=O)Nc1ccccc1C(=O)NCC(C)C. The minimum absolute atomic E-state index is 0.201. The first-order valence-electron chi connectivity index (χ1n) is 9.73. The van der Waals surface area contributed by atoms with E-state index in [-0.39, 0.29) is 11.8 Å². The number of carbonyl (C=O) groups is 2. The number of benzene rings is 2. The lowest BCUT2D eigenvalue weighted by Crippen LogP contribution is -2.34. The molecule has 0 spiro atoms. The predicted molar refractivity (Wildman–Crippen MR) is 113 cm³/mol. The Balaban J connectivity index is 2.11. The van der Waals surface area contributed by atoms with Crippen molar-refractivity contribution in [2.24, 2.45) is 5.92 Å². The van der Waals surface area contributed by atoms with E-state index in [1.165, 1.54) is 5.56 Å². The van der Waals surface area contributed by atoms with Gasteiger partial charge in [-0.05, 0) is 61.6 Å². The largest absolute Gasteiger partial charge is 0.481 e. The van der Waals surface area contributed by atoms with E-state index in [4.69, 9.17) is 4.74 Å². The predicted octanol–water partition coefficient (Wildman–Crippen LogP) is 4.49. The second kappa shape index (κ2) is 9.93. The Bertz CT molecular complexity index is 830. The van der Waals surface area contributed by atoms with Gasteiger partial charge in [0.25, 0.3) is 11.8 Å². The molecule has 2 amide bonds. The molecule has 5 heteroatoms. The van der Waals surface area contributed by atoms with Crippen molar-refractivity contribution in [2.75, 3.05) is 11.9 Å². The summed E-state index contributed by atoms with van der Waals surface area (Å²) in [6, 6.07) is 12.8. The first-order valence-corrected chi connectivity index (χ1v) is 9.73. The number of rotatable bonds is 8. The molecule has 2 rings (SSSR count). The third-order valence-electron chi connectivity index (χ3n) is 4.52. The average molecular weight is 383 g/mol. The van der Waals surface area contributed by atoms with E-state index in [9.17, 15) is 9.59 Å². The number of ether oxygens (including phenoxy) is 1. The Morgan fingerprint density at radius 1 is 1.04 bits per heavy atom. The van der Waals surface area contributed by atoms with Gasteiger partial charge in [-0.25, -0.2) is 0 Å². The summed E-state index contributed by atoms with van der Waals surface area (Å²) in [5, 5.41) is 5.74. The van der Waals surface area contributed by atoms with Crippen molar-refractivity contribution in [1.29, 1.82) is 0 Å². The minimum atomic E-state index is -0.645. The standard InChI is InChI=1S/C23H30N2O3/c1-6-21(28-18-12-11-16(4)17(5)13-18)23(27)25-20-10-8-7-9-19(20)22(26)24-14-15(2)3/h7-13,15,21H,6,14H2,1-5H3,(H,24,26)(H,25,27)/t21-/m1/s1. The lowest BCUT2D eigenvalue weighted by molar-refractivity contribution is -0.122. The number of para-hydroxylation sites is 1. The molecule has 0 fully saturated rings. The van der Waals surface area contributed by atoms with Crippen LogP contribution in [0.5, 0.6) is 5.75 Å². The van der Waals surface area contributed by atoms with Gasteiger partial charge in [0.05, 0.1) is 11.3 Å². The molecule has 0 radical (unpaired) electrons. The third-order valence-corrected chi connectivity index (χ3v) is 4.52. The zero-order valence-electron chi connectivity index (χ0n) is 17.3. The summed E-state index contributed by atoms with van der Waals surface area (Å²) >= 11 is 0. The lowest BCUT2D eigenvalue weighted by atomic mass is 10.1. The topological polar surface area (TPSA) is 67.4 Å². The first kappa shape index (κ1) is 21.5. The van der Waals surface area contributed by atoms with Crippen LogP contribution in [0.3, 0.4) is 0 Å². The second-order valence-electron chi connectivity index (χ2n) is 7.40. The molecule has 1 atom stereocenters. The normalized spacial score (nSPS) is 11.8. The maximum atomic E-state index is 12.8. The van der Waals surface area contributed by atoms with E-state index >= 15 is 0 Å². The van der Waals surface area contributed by atoms with Crippen LogP contribution in [0.1, 0.15) is 48.7 Å². The molecular formula is C23H30N2O3. The molecule has 0 bridgehead atoms. The molecule has 2 aromatic carbocycles. The van der Waals surface area contributed by atoms with Crippen LogP contribution in [-0.4, -0.2) is 24.5 Å². The zero-order valence-corrected chi connectivity index (χ0v) is 17.3. The van der Waals surface area contributed by atoms with E-state index in [0.717, 1.165) is 5.56 Å². The Morgan fingerprint density at radius 2 is 1.75 bits per heavy atom. The molecule has 2 N–H and O–H groups in total. The summed E-state index contributed by atoms with van der Waals surface area (Å²) in [6.07, 6.45) is -0.130. The van der Waals surface area contributed by atoms with Crippen molar-refractivity contribution < 1.29 is 14.3 Å². The van der Waals surface area contributed by atoms with Gasteiger partial charge in [0.1, 0.15) is 5.75 Å². The van der Waals surface area contributed by atoms with E-state index in [1.807, 2.05) is 52.8 Å². The number of nitrogens with one attached hydrogen (secondary N) is 2. The van der Waals surface area contributed by atoms with Crippen molar-refractivity contribution in [3.63, 3.8) is 0 Å². The molecule has 0 aromatic heterocycles. The number of anilines is 1. The van der Waals surface area contributed by atoms with Gasteiger partial charge in [-0.2, -0.15) is 0 Å². The molecule has 2 aromatic rings. The van der Waals surface area contributed by atoms with Crippen LogP contribution in [0.25, 0.3) is 0 Å². The van der Waals surface area contributed by atoms with Gasteiger partial charge >= 0.3 is 0 Å². The average Bonchev–Trinajstić information content (AvgIpc) is 2.67. The van der Waals surface area contributed by atoms with Gasteiger partial charge in [-0.15, -0.1) is 0 Å². The zero-order chi connectivity index (χ0) is 20.7. The van der Waals surface area contributed by atoms with Crippen LogP contribution in [0.4, 0.5) is 5.69 Å². The van der Waals surface area contributed by atoms with Crippen LogP contribution in [0.2, 0.25) is 0 Å². The number of amides is 2. The van der Waals surface area contributed by atoms with Gasteiger partial charge < -0.3 is 15.4 Å². The van der Waals surface area contributed by atoms with Gasteiger partial charge in [0.2, 0.25) is 0 Å². The fourth-order valence-corrected chi connectivity index (χ4v) is 2.67. The summed E-state index contributed by atoms with van der Waals surface area (Å²) in [4.78, 5) is 25.2. The minimum Gasteiger partial charge on any atom is -0.481 e. The highest BCUT2D eigenvalue weighted by Gasteiger charge is 2.21. The van der Waals surface area contributed by atoms with Crippen molar-refractivity contribution in [1.82, 2.24) is 5.32 Å². The van der Waals surface area contributed by atoms with Crippen LogP contribution in [0.15, 0.2) is 42.5 Å². The molecule has 0 heterocycles. The second-order valence-corrected chi connectivity index (χ2v) is 7.40. The molecule has 0 aliphatic carbocycles. The quantitative estimate of drug-likeness (QED) is 0.707.